The zero-order chi connectivity index (χ0) is 18.9. The molecule has 10 heteroatoms. The highest BCUT2D eigenvalue weighted by Crippen LogP contribution is 2.36. The Morgan fingerprint density at radius 3 is 2.54 bits per heavy atom. The lowest BCUT2D eigenvalue weighted by atomic mass is 9.93. The zero-order valence-electron chi connectivity index (χ0n) is 15.0. The molecule has 1 fully saturated rings. The molecule has 1 aliphatic rings. The van der Waals surface area contributed by atoms with Gasteiger partial charge in [-0.3, -0.25) is 0 Å². The van der Waals surface area contributed by atoms with Crippen LogP contribution in [0.15, 0.2) is 18.5 Å². The summed E-state index contributed by atoms with van der Waals surface area (Å²) in [6.07, 6.45) is 2.25. The molecule has 9 nitrogen and oxygen atoms in total. The highest BCUT2D eigenvalue weighted by molar-refractivity contribution is 7.87. The van der Waals surface area contributed by atoms with Crippen molar-refractivity contribution in [3.63, 3.8) is 0 Å². The average molecular weight is 381 g/mol. The lowest BCUT2D eigenvalue weighted by Crippen LogP contribution is -2.50. The van der Waals surface area contributed by atoms with E-state index in [0.29, 0.717) is 23.8 Å². The van der Waals surface area contributed by atoms with E-state index in [4.69, 9.17) is 14.6 Å². The summed E-state index contributed by atoms with van der Waals surface area (Å²) in [6, 6.07) is 3.50. The van der Waals surface area contributed by atoms with E-state index in [2.05, 4.69) is 19.6 Å². The number of hydrogen-bond acceptors (Lipinski definition) is 7. The maximum absolute atomic E-state index is 11.1. The molecule has 1 aromatic carbocycles. The van der Waals surface area contributed by atoms with E-state index in [9.17, 15) is 8.42 Å². The molecule has 0 spiro atoms. The standard InChI is InChI=1S/C16H23N5O4S/c1-10(20-26(17,22)23)4-11-7-21(8-11)16-12-5-14(24-2)15(25-3)6-13(12)18-9-19-16/h5-6,9-11,20H,4,7-8H2,1-3H3,(H2,17,22,23). The summed E-state index contributed by atoms with van der Waals surface area (Å²) < 4.78 is 35.3. The molecule has 26 heavy (non-hydrogen) atoms. The van der Waals surface area contributed by atoms with Gasteiger partial charge in [0.25, 0.3) is 10.2 Å². The molecule has 0 saturated carbocycles. The van der Waals surface area contributed by atoms with Crippen LogP contribution in [0.2, 0.25) is 0 Å². The van der Waals surface area contributed by atoms with Crippen molar-refractivity contribution in [1.29, 1.82) is 0 Å². The van der Waals surface area contributed by atoms with E-state index in [0.717, 1.165) is 29.8 Å². The Morgan fingerprint density at radius 1 is 1.27 bits per heavy atom. The van der Waals surface area contributed by atoms with Gasteiger partial charge >= 0.3 is 0 Å². The number of aromatic nitrogens is 2. The topological polar surface area (TPSA) is 120 Å². The Hall–Kier alpha value is -2.17. The van der Waals surface area contributed by atoms with Gasteiger partial charge in [-0.05, 0) is 25.3 Å². The number of fused-ring (bicyclic) bond motifs is 1. The summed E-state index contributed by atoms with van der Waals surface area (Å²) in [6.45, 7) is 3.39. The van der Waals surface area contributed by atoms with Crippen molar-refractivity contribution in [3.8, 4) is 11.5 Å². The molecule has 3 N–H and O–H groups in total. The number of nitrogens with two attached hydrogens (primary N) is 1. The zero-order valence-corrected chi connectivity index (χ0v) is 15.8. The molecule has 142 valence electrons. The molecule has 0 amide bonds. The van der Waals surface area contributed by atoms with Crippen LogP contribution in [-0.2, 0) is 10.2 Å². The third-order valence-corrected chi connectivity index (χ3v) is 5.16. The van der Waals surface area contributed by atoms with Crippen molar-refractivity contribution >= 4 is 26.9 Å². The molecule has 3 rings (SSSR count). The van der Waals surface area contributed by atoms with Crippen molar-refractivity contribution in [2.45, 2.75) is 19.4 Å². The summed E-state index contributed by atoms with van der Waals surface area (Å²) in [5.74, 6) is 2.44. The molecule has 0 radical (unpaired) electrons. The fourth-order valence-electron chi connectivity index (χ4n) is 3.34. The first kappa shape index (κ1) is 18.6. The van der Waals surface area contributed by atoms with E-state index in [1.807, 2.05) is 19.1 Å². The minimum atomic E-state index is -3.67. The summed E-state index contributed by atoms with van der Waals surface area (Å²) in [5.41, 5.74) is 0.778. The molecule has 1 saturated heterocycles. The van der Waals surface area contributed by atoms with Crippen molar-refractivity contribution in [1.82, 2.24) is 14.7 Å². The normalized spacial score (nSPS) is 16.4. The maximum Gasteiger partial charge on any atom is 0.274 e. The third kappa shape index (κ3) is 3.97. The summed E-state index contributed by atoms with van der Waals surface area (Å²) in [4.78, 5) is 10.9. The lowest BCUT2D eigenvalue weighted by molar-refractivity contribution is 0.350. The minimum Gasteiger partial charge on any atom is -0.493 e. The second-order valence-corrected chi connectivity index (χ2v) is 7.82. The second kappa shape index (κ2) is 7.22. The van der Waals surface area contributed by atoms with Crippen LogP contribution in [0.1, 0.15) is 13.3 Å². The van der Waals surface area contributed by atoms with Gasteiger partial charge in [-0.25, -0.2) is 15.1 Å². The number of nitrogens with zero attached hydrogens (tertiary/aromatic N) is 3. The van der Waals surface area contributed by atoms with Gasteiger partial charge in [0.2, 0.25) is 0 Å². The Balaban J connectivity index is 1.74. The molecular weight excluding hydrogens is 358 g/mol. The van der Waals surface area contributed by atoms with Crippen LogP contribution in [0.4, 0.5) is 5.82 Å². The third-order valence-electron chi connectivity index (χ3n) is 4.43. The number of anilines is 1. The number of ether oxygens (including phenoxy) is 2. The predicted molar refractivity (Wildman–Crippen MR) is 98.7 cm³/mol. The van der Waals surface area contributed by atoms with Gasteiger partial charge in [0.05, 0.1) is 19.7 Å². The molecule has 1 aliphatic heterocycles. The molecule has 1 atom stereocenters. The Morgan fingerprint density at radius 2 is 1.92 bits per heavy atom. The van der Waals surface area contributed by atoms with Crippen LogP contribution in [0.25, 0.3) is 10.9 Å². The second-order valence-electron chi connectivity index (χ2n) is 6.49. The van der Waals surface area contributed by atoms with Crippen LogP contribution in [0.3, 0.4) is 0 Å². The predicted octanol–water partition coefficient (Wildman–Crippen LogP) is 0.655. The van der Waals surface area contributed by atoms with Gasteiger partial charge in [0.1, 0.15) is 12.1 Å². The van der Waals surface area contributed by atoms with Crippen molar-refractivity contribution < 1.29 is 17.9 Å². The van der Waals surface area contributed by atoms with Crippen LogP contribution >= 0.6 is 0 Å². The molecule has 2 heterocycles. The van der Waals surface area contributed by atoms with Crippen molar-refractivity contribution in [3.05, 3.63) is 18.5 Å². The summed E-state index contributed by atoms with van der Waals surface area (Å²) >= 11 is 0. The van der Waals surface area contributed by atoms with E-state index in [1.165, 1.54) is 6.33 Å². The summed E-state index contributed by atoms with van der Waals surface area (Å²) in [7, 11) is -0.496. The molecule has 0 aliphatic carbocycles. The molecule has 1 unspecified atom stereocenters. The number of methoxy groups -OCH3 is 2. The van der Waals surface area contributed by atoms with E-state index < -0.39 is 10.2 Å². The van der Waals surface area contributed by atoms with Gasteiger partial charge in [-0.2, -0.15) is 13.1 Å². The van der Waals surface area contributed by atoms with Crippen LogP contribution in [0, 0.1) is 5.92 Å². The lowest BCUT2D eigenvalue weighted by Gasteiger charge is -2.41. The smallest absolute Gasteiger partial charge is 0.274 e. The Bertz CT molecular complexity index is 899. The number of nitrogens with one attached hydrogen (secondary N) is 1. The van der Waals surface area contributed by atoms with Gasteiger partial charge in [0.15, 0.2) is 11.5 Å². The highest BCUT2D eigenvalue weighted by Gasteiger charge is 2.31. The van der Waals surface area contributed by atoms with Gasteiger partial charge < -0.3 is 14.4 Å². The Kier molecular flexibility index (Phi) is 5.17. The van der Waals surface area contributed by atoms with Crippen LogP contribution in [0.5, 0.6) is 11.5 Å². The monoisotopic (exact) mass is 381 g/mol. The van der Waals surface area contributed by atoms with E-state index in [-0.39, 0.29) is 6.04 Å². The highest BCUT2D eigenvalue weighted by atomic mass is 32.2. The van der Waals surface area contributed by atoms with Gasteiger partial charge in [-0.1, -0.05) is 0 Å². The number of rotatable bonds is 7. The maximum atomic E-state index is 11.1. The molecule has 1 aromatic heterocycles. The quantitative estimate of drug-likeness (QED) is 0.723. The van der Waals surface area contributed by atoms with Crippen LogP contribution < -0.4 is 24.2 Å². The molecule has 2 aromatic rings. The van der Waals surface area contributed by atoms with E-state index >= 15 is 0 Å². The van der Waals surface area contributed by atoms with Crippen molar-refractivity contribution in [2.75, 3.05) is 32.2 Å². The van der Waals surface area contributed by atoms with Gasteiger partial charge in [-0.15, -0.1) is 0 Å². The largest absolute Gasteiger partial charge is 0.493 e. The minimum absolute atomic E-state index is 0.205. The van der Waals surface area contributed by atoms with Crippen molar-refractivity contribution in [2.24, 2.45) is 11.1 Å². The van der Waals surface area contributed by atoms with Crippen LogP contribution in [-0.4, -0.2) is 51.7 Å². The van der Waals surface area contributed by atoms with E-state index in [1.54, 1.807) is 14.2 Å². The Labute approximate surface area is 152 Å². The molecule has 0 bridgehead atoms. The number of hydrogen-bond donors (Lipinski definition) is 2. The number of benzene rings is 1. The first-order valence-electron chi connectivity index (χ1n) is 8.22. The van der Waals surface area contributed by atoms with Gasteiger partial charge in [0, 0.05) is 30.6 Å². The average Bonchev–Trinajstić information content (AvgIpc) is 2.54. The SMILES string of the molecule is COc1cc2ncnc(N3CC(CC(C)NS(N)(=O)=O)C3)c2cc1OC. The fourth-order valence-corrected chi connectivity index (χ4v) is 4.00. The summed E-state index contributed by atoms with van der Waals surface area (Å²) in [5, 5.41) is 5.90. The first-order valence-corrected chi connectivity index (χ1v) is 9.77. The molecular formula is C16H23N5O4S. The first-order chi connectivity index (χ1) is 12.3. The fraction of sp³-hybridized carbons (Fsp3) is 0.500.